The molecule has 0 heterocycles. The molecule has 0 saturated heterocycles. The van der Waals surface area contributed by atoms with Crippen LogP contribution in [0.3, 0.4) is 0 Å². The summed E-state index contributed by atoms with van der Waals surface area (Å²) in [5, 5.41) is 25.5. The molecule has 0 radical (unpaired) electrons. The molecule has 0 aliphatic carbocycles. The smallest absolute Gasteiger partial charge is 0.292 e. The Kier molecular flexibility index (Phi) is 4.43. The third-order valence-corrected chi connectivity index (χ3v) is 2.41. The van der Waals surface area contributed by atoms with Crippen LogP contribution in [-0.2, 0) is 0 Å². The highest BCUT2D eigenvalue weighted by Crippen LogP contribution is 2.25. The largest absolute Gasteiger partial charge is 0.378 e. The van der Waals surface area contributed by atoms with Crippen LogP contribution in [0.4, 0.5) is 11.4 Å². The molecular weight excluding hydrogens is 220 g/mol. The van der Waals surface area contributed by atoms with E-state index in [1.165, 1.54) is 18.2 Å². The van der Waals surface area contributed by atoms with E-state index >= 15 is 0 Å². The number of anilines is 1. The predicted octanol–water partition coefficient (Wildman–Crippen LogP) is 1.49. The van der Waals surface area contributed by atoms with Crippen molar-refractivity contribution in [2.45, 2.75) is 13.0 Å². The second kappa shape index (κ2) is 5.82. The number of hydrogen-bond acceptors (Lipinski definition) is 5. The van der Waals surface area contributed by atoms with Crippen LogP contribution in [-0.4, -0.2) is 24.6 Å². The van der Waals surface area contributed by atoms with Gasteiger partial charge in [0.25, 0.3) is 5.69 Å². The van der Waals surface area contributed by atoms with Gasteiger partial charge in [-0.15, -0.1) is 0 Å². The van der Waals surface area contributed by atoms with Gasteiger partial charge in [0.15, 0.2) is 0 Å². The molecule has 17 heavy (non-hydrogen) atoms. The number of nitro groups is 1. The van der Waals surface area contributed by atoms with E-state index in [0.29, 0.717) is 17.8 Å². The van der Waals surface area contributed by atoms with Crippen LogP contribution < -0.4 is 10.6 Å². The molecule has 6 nitrogen and oxygen atoms in total. The minimum absolute atomic E-state index is 0.0210. The fraction of sp³-hybridized carbons (Fsp3) is 0.364. The quantitative estimate of drug-likeness (QED) is 0.595. The van der Waals surface area contributed by atoms with Crippen molar-refractivity contribution in [3.8, 4) is 6.07 Å². The van der Waals surface area contributed by atoms with Crippen LogP contribution in [0.1, 0.15) is 12.5 Å². The van der Waals surface area contributed by atoms with Gasteiger partial charge in [-0.05, 0) is 26.1 Å². The Morgan fingerprint density at radius 3 is 2.82 bits per heavy atom. The molecule has 0 aliphatic rings. The van der Waals surface area contributed by atoms with E-state index < -0.39 is 4.92 Å². The van der Waals surface area contributed by atoms with E-state index in [1.807, 2.05) is 20.0 Å². The van der Waals surface area contributed by atoms with Gasteiger partial charge in [-0.2, -0.15) is 5.26 Å². The molecule has 0 aliphatic heterocycles. The van der Waals surface area contributed by atoms with Gasteiger partial charge < -0.3 is 10.6 Å². The molecule has 0 spiro atoms. The Bertz CT molecular complexity index is 453. The maximum Gasteiger partial charge on any atom is 0.292 e. The Hall–Kier alpha value is -2.13. The molecule has 0 aromatic heterocycles. The minimum Gasteiger partial charge on any atom is -0.378 e. The number of rotatable bonds is 5. The van der Waals surface area contributed by atoms with E-state index in [0.717, 1.165) is 0 Å². The van der Waals surface area contributed by atoms with Gasteiger partial charge in [-0.1, -0.05) is 0 Å². The van der Waals surface area contributed by atoms with Gasteiger partial charge in [-0.3, -0.25) is 10.1 Å². The monoisotopic (exact) mass is 234 g/mol. The Morgan fingerprint density at radius 1 is 1.59 bits per heavy atom. The van der Waals surface area contributed by atoms with E-state index in [9.17, 15) is 10.1 Å². The Balaban J connectivity index is 2.94. The number of hydrogen-bond donors (Lipinski definition) is 2. The molecule has 1 aromatic carbocycles. The van der Waals surface area contributed by atoms with Gasteiger partial charge in [0.1, 0.15) is 5.69 Å². The molecule has 1 aromatic rings. The summed E-state index contributed by atoms with van der Waals surface area (Å²) in [5.41, 5.74) is 0.749. The maximum atomic E-state index is 10.8. The minimum atomic E-state index is -0.465. The number of likely N-dealkylation sites (N-methyl/N-ethyl adjacent to an activating group) is 1. The molecule has 1 atom stereocenters. The third kappa shape index (κ3) is 3.43. The summed E-state index contributed by atoms with van der Waals surface area (Å²) >= 11 is 0. The first-order valence-electron chi connectivity index (χ1n) is 5.18. The van der Waals surface area contributed by atoms with Crippen molar-refractivity contribution in [3.63, 3.8) is 0 Å². The number of nitrogens with zero attached hydrogens (tertiary/aromatic N) is 2. The number of nitriles is 1. The number of benzene rings is 1. The van der Waals surface area contributed by atoms with E-state index in [1.54, 1.807) is 0 Å². The second-order valence-electron chi connectivity index (χ2n) is 3.67. The third-order valence-electron chi connectivity index (χ3n) is 2.41. The van der Waals surface area contributed by atoms with Crippen molar-refractivity contribution in [2.24, 2.45) is 0 Å². The van der Waals surface area contributed by atoms with Crippen LogP contribution in [0.5, 0.6) is 0 Å². The molecule has 0 bridgehead atoms. The summed E-state index contributed by atoms with van der Waals surface area (Å²) in [4.78, 5) is 10.3. The molecule has 2 N–H and O–H groups in total. The fourth-order valence-corrected chi connectivity index (χ4v) is 1.27. The van der Waals surface area contributed by atoms with Crippen molar-refractivity contribution in [3.05, 3.63) is 33.9 Å². The van der Waals surface area contributed by atoms with E-state index in [2.05, 4.69) is 10.6 Å². The molecular formula is C11H14N4O2. The average molecular weight is 234 g/mol. The second-order valence-corrected chi connectivity index (χ2v) is 3.67. The lowest BCUT2D eigenvalue weighted by Crippen LogP contribution is -2.29. The average Bonchev–Trinajstić information content (AvgIpc) is 2.35. The van der Waals surface area contributed by atoms with E-state index in [4.69, 9.17) is 5.26 Å². The molecule has 1 unspecified atom stereocenters. The summed E-state index contributed by atoms with van der Waals surface area (Å²) in [6.07, 6.45) is 0. The fourth-order valence-electron chi connectivity index (χ4n) is 1.27. The van der Waals surface area contributed by atoms with Crippen molar-refractivity contribution >= 4 is 11.4 Å². The highest BCUT2D eigenvalue weighted by Gasteiger charge is 2.14. The lowest BCUT2D eigenvalue weighted by atomic mass is 10.2. The molecule has 1 rings (SSSR count). The first-order chi connectivity index (χ1) is 8.08. The van der Waals surface area contributed by atoms with Crippen LogP contribution in [0, 0.1) is 21.4 Å². The summed E-state index contributed by atoms with van der Waals surface area (Å²) in [6.45, 7) is 2.50. The lowest BCUT2D eigenvalue weighted by Gasteiger charge is -2.12. The maximum absolute atomic E-state index is 10.8. The summed E-state index contributed by atoms with van der Waals surface area (Å²) in [7, 11) is 1.81. The van der Waals surface area contributed by atoms with Crippen LogP contribution in [0.25, 0.3) is 0 Å². The van der Waals surface area contributed by atoms with Crippen molar-refractivity contribution in [2.75, 3.05) is 18.9 Å². The van der Waals surface area contributed by atoms with Crippen LogP contribution in [0.2, 0.25) is 0 Å². The number of nitro benzene ring substituents is 1. The molecule has 0 amide bonds. The zero-order valence-corrected chi connectivity index (χ0v) is 9.73. The van der Waals surface area contributed by atoms with Crippen LogP contribution >= 0.6 is 0 Å². The summed E-state index contributed by atoms with van der Waals surface area (Å²) in [6, 6.07) is 6.40. The Labute approximate surface area is 99.4 Å². The normalized spacial score (nSPS) is 11.6. The highest BCUT2D eigenvalue weighted by atomic mass is 16.6. The van der Waals surface area contributed by atoms with Crippen molar-refractivity contribution in [1.82, 2.24) is 5.32 Å². The van der Waals surface area contributed by atoms with Gasteiger partial charge in [0.05, 0.1) is 16.6 Å². The summed E-state index contributed by atoms with van der Waals surface area (Å²) in [5.74, 6) is 0. The zero-order chi connectivity index (χ0) is 12.8. The molecule has 6 heteroatoms. The van der Waals surface area contributed by atoms with Crippen LogP contribution in [0.15, 0.2) is 18.2 Å². The molecule has 0 saturated carbocycles. The van der Waals surface area contributed by atoms with Gasteiger partial charge in [0, 0.05) is 18.7 Å². The van der Waals surface area contributed by atoms with Gasteiger partial charge in [-0.25, -0.2) is 0 Å². The summed E-state index contributed by atoms with van der Waals surface area (Å²) < 4.78 is 0. The Morgan fingerprint density at radius 2 is 2.29 bits per heavy atom. The van der Waals surface area contributed by atoms with Crippen molar-refractivity contribution < 1.29 is 4.92 Å². The van der Waals surface area contributed by atoms with Gasteiger partial charge in [0.2, 0.25) is 0 Å². The standard InChI is InChI=1S/C11H14N4O2/c1-8(13-2)7-14-10-5-9(6-12)3-4-11(10)15(16)17/h3-5,8,13-14H,7H2,1-2H3. The van der Waals surface area contributed by atoms with E-state index in [-0.39, 0.29) is 11.7 Å². The lowest BCUT2D eigenvalue weighted by molar-refractivity contribution is -0.384. The number of nitrogens with one attached hydrogen (secondary N) is 2. The van der Waals surface area contributed by atoms with Gasteiger partial charge >= 0.3 is 0 Å². The predicted molar refractivity (Wildman–Crippen MR) is 64.8 cm³/mol. The topological polar surface area (TPSA) is 91.0 Å². The first kappa shape index (κ1) is 12.9. The molecule has 90 valence electrons. The zero-order valence-electron chi connectivity index (χ0n) is 9.73. The first-order valence-corrected chi connectivity index (χ1v) is 5.18. The molecule has 0 fully saturated rings. The SMILES string of the molecule is CNC(C)CNc1cc(C#N)ccc1[N+](=O)[O-]. The highest BCUT2D eigenvalue weighted by molar-refractivity contribution is 5.64. The van der Waals surface area contributed by atoms with Crippen molar-refractivity contribution in [1.29, 1.82) is 5.26 Å².